The molecule has 3 aromatic heterocycles. The average molecular weight is 699 g/mol. The van der Waals surface area contributed by atoms with E-state index in [2.05, 4.69) is 186 Å². The molecular weight excluding hydrogens is 669 g/mol. The Morgan fingerprint density at radius 3 is 1.79 bits per heavy atom. The van der Waals surface area contributed by atoms with Crippen molar-refractivity contribution in [1.82, 2.24) is 4.98 Å². The Hall–Kier alpha value is -6.20. The van der Waals surface area contributed by atoms with Crippen molar-refractivity contribution in [2.24, 2.45) is 0 Å². The van der Waals surface area contributed by atoms with Crippen LogP contribution >= 0.6 is 22.7 Å². The molecular formula is C48H30N2S2. The second-order valence-electron chi connectivity index (χ2n) is 13.4. The van der Waals surface area contributed by atoms with E-state index < -0.39 is 0 Å². The summed E-state index contributed by atoms with van der Waals surface area (Å²) in [6.45, 7) is 0. The standard InChI is InChI=1S/C48H30N2S2/c1-2-10-30(11-3-1)31-20-24-33(25-21-31)50(34-26-22-32(23-27-34)35-14-8-15-37-36-12-5-7-19-44(36)51-46(35)37)43-18-9-16-38-39-28-29-42-45(48(39)52-47(38)43)40-13-4-6-17-41(40)49-42/h1-29,49H. The molecule has 8 aromatic carbocycles. The Kier molecular flexibility index (Phi) is 6.63. The van der Waals surface area contributed by atoms with Crippen LogP contribution < -0.4 is 4.90 Å². The van der Waals surface area contributed by atoms with Crippen LogP contribution in [-0.4, -0.2) is 4.98 Å². The quantitative estimate of drug-likeness (QED) is 0.190. The summed E-state index contributed by atoms with van der Waals surface area (Å²) in [4.78, 5) is 6.09. The van der Waals surface area contributed by atoms with E-state index in [-0.39, 0.29) is 0 Å². The van der Waals surface area contributed by atoms with E-state index in [4.69, 9.17) is 0 Å². The summed E-state index contributed by atoms with van der Waals surface area (Å²) in [5.74, 6) is 0. The monoisotopic (exact) mass is 698 g/mol. The summed E-state index contributed by atoms with van der Waals surface area (Å²) >= 11 is 3.78. The highest BCUT2D eigenvalue weighted by Crippen LogP contribution is 2.48. The van der Waals surface area contributed by atoms with Crippen LogP contribution in [0.1, 0.15) is 0 Å². The largest absolute Gasteiger partial charge is 0.354 e. The fourth-order valence-corrected chi connectivity index (χ4v) is 10.6. The summed E-state index contributed by atoms with van der Waals surface area (Å²) < 4.78 is 5.27. The van der Waals surface area contributed by atoms with Crippen LogP contribution in [0.25, 0.3) is 84.4 Å². The fraction of sp³-hybridized carbons (Fsp3) is 0. The van der Waals surface area contributed by atoms with Crippen LogP contribution in [0.4, 0.5) is 17.1 Å². The smallest absolute Gasteiger partial charge is 0.0640 e. The van der Waals surface area contributed by atoms with Gasteiger partial charge in [-0.1, -0.05) is 127 Å². The van der Waals surface area contributed by atoms with Gasteiger partial charge in [0, 0.05) is 68.8 Å². The van der Waals surface area contributed by atoms with Crippen LogP contribution in [0, 0.1) is 0 Å². The van der Waals surface area contributed by atoms with Crippen molar-refractivity contribution in [2.75, 3.05) is 4.90 Å². The fourth-order valence-electron chi connectivity index (χ4n) is 7.98. The summed E-state index contributed by atoms with van der Waals surface area (Å²) in [5.41, 5.74) is 10.7. The molecule has 11 rings (SSSR count). The van der Waals surface area contributed by atoms with Gasteiger partial charge in [-0.25, -0.2) is 0 Å². The number of aromatic nitrogens is 1. The average Bonchev–Trinajstić information content (AvgIpc) is 3.90. The van der Waals surface area contributed by atoms with Gasteiger partial charge in [0.2, 0.25) is 0 Å². The van der Waals surface area contributed by atoms with E-state index in [1.165, 1.54) is 90.1 Å². The Morgan fingerprint density at radius 2 is 0.981 bits per heavy atom. The SMILES string of the molecule is c1ccc(-c2ccc(N(c3ccc(-c4cccc5c4sc4ccccc45)cc3)c3cccc4c3sc3c4ccc4[nH]c5ccccc5c43)cc2)cc1. The zero-order chi connectivity index (χ0) is 34.2. The molecule has 0 saturated heterocycles. The molecule has 3 heterocycles. The third-order valence-corrected chi connectivity index (χ3v) is 12.9. The molecule has 0 fully saturated rings. The van der Waals surface area contributed by atoms with Crippen molar-refractivity contribution < 1.29 is 0 Å². The Balaban J connectivity index is 1.10. The van der Waals surface area contributed by atoms with Gasteiger partial charge >= 0.3 is 0 Å². The van der Waals surface area contributed by atoms with Crippen molar-refractivity contribution in [1.29, 1.82) is 0 Å². The molecule has 244 valence electrons. The van der Waals surface area contributed by atoms with Crippen molar-refractivity contribution >= 4 is 102 Å². The number of anilines is 3. The van der Waals surface area contributed by atoms with E-state index in [0.29, 0.717) is 0 Å². The number of fused-ring (bicyclic) bond motifs is 10. The molecule has 0 saturated carbocycles. The Bertz CT molecular complexity index is 3110. The molecule has 11 aromatic rings. The van der Waals surface area contributed by atoms with Crippen molar-refractivity contribution in [3.05, 3.63) is 176 Å². The van der Waals surface area contributed by atoms with Gasteiger partial charge in [0.25, 0.3) is 0 Å². The second-order valence-corrected chi connectivity index (χ2v) is 15.4. The molecule has 0 radical (unpaired) electrons. The number of benzene rings is 8. The molecule has 0 atom stereocenters. The van der Waals surface area contributed by atoms with Gasteiger partial charge in [-0.2, -0.15) is 0 Å². The lowest BCUT2D eigenvalue weighted by Gasteiger charge is -2.26. The van der Waals surface area contributed by atoms with E-state index >= 15 is 0 Å². The van der Waals surface area contributed by atoms with Gasteiger partial charge in [0.05, 0.1) is 10.4 Å². The van der Waals surface area contributed by atoms with Crippen molar-refractivity contribution in [2.45, 2.75) is 0 Å². The molecule has 0 unspecified atom stereocenters. The van der Waals surface area contributed by atoms with E-state index in [1.807, 2.05) is 22.7 Å². The first-order chi connectivity index (χ1) is 25.8. The predicted molar refractivity (Wildman–Crippen MR) is 227 cm³/mol. The molecule has 2 nitrogen and oxygen atoms in total. The molecule has 0 bridgehead atoms. The number of rotatable bonds is 5. The summed E-state index contributed by atoms with van der Waals surface area (Å²) in [6.07, 6.45) is 0. The molecule has 0 amide bonds. The molecule has 0 aliphatic heterocycles. The lowest BCUT2D eigenvalue weighted by atomic mass is 10.0. The minimum absolute atomic E-state index is 1.13. The Labute approximate surface area is 308 Å². The number of thiophene rings is 2. The molecule has 52 heavy (non-hydrogen) atoms. The zero-order valence-electron chi connectivity index (χ0n) is 28.0. The van der Waals surface area contributed by atoms with Crippen LogP contribution in [-0.2, 0) is 0 Å². The third kappa shape index (κ3) is 4.55. The van der Waals surface area contributed by atoms with Gasteiger partial charge < -0.3 is 9.88 Å². The van der Waals surface area contributed by atoms with Crippen LogP contribution in [0.2, 0.25) is 0 Å². The van der Waals surface area contributed by atoms with Crippen LogP contribution in [0.5, 0.6) is 0 Å². The number of hydrogen-bond donors (Lipinski definition) is 1. The Morgan fingerprint density at radius 1 is 0.365 bits per heavy atom. The van der Waals surface area contributed by atoms with E-state index in [1.54, 1.807) is 0 Å². The number of nitrogens with one attached hydrogen (secondary N) is 1. The van der Waals surface area contributed by atoms with Gasteiger partial charge in [0.15, 0.2) is 0 Å². The van der Waals surface area contributed by atoms with Gasteiger partial charge in [-0.05, 0) is 70.8 Å². The lowest BCUT2D eigenvalue weighted by molar-refractivity contribution is 1.30. The number of hydrogen-bond acceptors (Lipinski definition) is 3. The highest BCUT2D eigenvalue weighted by Gasteiger charge is 2.20. The number of nitrogens with zero attached hydrogens (tertiary/aromatic N) is 1. The van der Waals surface area contributed by atoms with Gasteiger partial charge in [-0.3, -0.25) is 0 Å². The zero-order valence-corrected chi connectivity index (χ0v) is 29.6. The number of aromatic amines is 1. The lowest BCUT2D eigenvalue weighted by Crippen LogP contribution is -2.10. The maximum Gasteiger partial charge on any atom is 0.0640 e. The molecule has 0 aliphatic rings. The van der Waals surface area contributed by atoms with Gasteiger partial charge in [-0.15, -0.1) is 22.7 Å². The maximum atomic E-state index is 3.66. The van der Waals surface area contributed by atoms with Crippen molar-refractivity contribution in [3.8, 4) is 22.3 Å². The van der Waals surface area contributed by atoms with Crippen LogP contribution in [0.15, 0.2) is 176 Å². The molecule has 0 aliphatic carbocycles. The first-order valence-corrected chi connectivity index (χ1v) is 19.2. The normalized spacial score (nSPS) is 11.8. The predicted octanol–water partition coefficient (Wildman–Crippen LogP) is 14.9. The number of H-pyrrole nitrogens is 1. The summed E-state index contributed by atoms with van der Waals surface area (Å²) in [6, 6.07) is 64.2. The summed E-state index contributed by atoms with van der Waals surface area (Å²) in [7, 11) is 0. The number of para-hydroxylation sites is 1. The van der Waals surface area contributed by atoms with E-state index in [9.17, 15) is 0 Å². The third-order valence-electron chi connectivity index (χ3n) is 10.4. The minimum atomic E-state index is 1.13. The van der Waals surface area contributed by atoms with Crippen LogP contribution in [0.3, 0.4) is 0 Å². The highest BCUT2D eigenvalue weighted by molar-refractivity contribution is 7.27. The first-order valence-electron chi connectivity index (χ1n) is 17.6. The molecule has 4 heteroatoms. The summed E-state index contributed by atoms with van der Waals surface area (Å²) in [5, 5.41) is 7.80. The first kappa shape index (κ1) is 29.5. The maximum absolute atomic E-state index is 3.66. The van der Waals surface area contributed by atoms with Gasteiger partial charge in [0.1, 0.15) is 0 Å². The van der Waals surface area contributed by atoms with E-state index in [0.717, 1.165) is 11.4 Å². The topological polar surface area (TPSA) is 19.0 Å². The van der Waals surface area contributed by atoms with Crippen molar-refractivity contribution in [3.63, 3.8) is 0 Å². The minimum Gasteiger partial charge on any atom is -0.354 e. The molecule has 1 N–H and O–H groups in total. The second kappa shape index (κ2) is 11.7. The molecule has 0 spiro atoms. The highest BCUT2D eigenvalue weighted by atomic mass is 32.1.